The first kappa shape index (κ1) is 27.6. The third-order valence-corrected chi connectivity index (χ3v) is 12.2. The van der Waals surface area contributed by atoms with Gasteiger partial charge >= 0.3 is 6.18 Å². The van der Waals surface area contributed by atoms with Crippen LogP contribution in [0.15, 0.2) is 52.3 Å². The molecule has 202 valence electrons. The molecule has 6 nitrogen and oxygen atoms in total. The standard InChI is InChI=1S/C25H27F4NO5S2/c1-24(2,37(34,35)20-5-3-4-17(14-20)25(27,28)29)16-10-12-30(13-11-16)23(31)21-9-8-19(15-22(21)26)36(32,33)18-6-7-18/h3-5,8-9,14-16,18H,6-7,10-13H2,1-2H3. The van der Waals surface area contributed by atoms with E-state index in [9.17, 15) is 39.2 Å². The zero-order chi connectivity index (χ0) is 27.4. The van der Waals surface area contributed by atoms with E-state index < -0.39 is 63.9 Å². The second-order valence-electron chi connectivity index (χ2n) is 10.1. The van der Waals surface area contributed by atoms with Crippen LogP contribution in [0.3, 0.4) is 0 Å². The van der Waals surface area contributed by atoms with Crippen LogP contribution in [0.2, 0.25) is 0 Å². The Morgan fingerprint density at radius 2 is 1.51 bits per heavy atom. The van der Waals surface area contributed by atoms with Gasteiger partial charge in [-0.25, -0.2) is 21.2 Å². The highest BCUT2D eigenvalue weighted by Gasteiger charge is 2.45. The van der Waals surface area contributed by atoms with E-state index in [-0.39, 0.29) is 36.4 Å². The summed E-state index contributed by atoms with van der Waals surface area (Å²) in [6, 6.07) is 6.87. The van der Waals surface area contributed by atoms with Gasteiger partial charge in [-0.2, -0.15) is 13.2 Å². The monoisotopic (exact) mass is 561 g/mol. The van der Waals surface area contributed by atoms with Crippen molar-refractivity contribution in [3.8, 4) is 0 Å². The molecule has 1 aliphatic heterocycles. The lowest BCUT2D eigenvalue weighted by atomic mass is 9.85. The number of carbonyl (C=O) groups is 1. The van der Waals surface area contributed by atoms with Crippen LogP contribution < -0.4 is 0 Å². The first-order valence-electron chi connectivity index (χ1n) is 11.8. The largest absolute Gasteiger partial charge is 0.416 e. The van der Waals surface area contributed by atoms with Crippen molar-refractivity contribution in [2.75, 3.05) is 13.1 Å². The van der Waals surface area contributed by atoms with Gasteiger partial charge in [-0.1, -0.05) is 6.07 Å². The van der Waals surface area contributed by atoms with E-state index >= 15 is 0 Å². The Morgan fingerprint density at radius 1 is 0.892 bits per heavy atom. The van der Waals surface area contributed by atoms with Crippen molar-refractivity contribution in [1.82, 2.24) is 4.90 Å². The highest BCUT2D eigenvalue weighted by atomic mass is 32.2. The van der Waals surface area contributed by atoms with Crippen molar-refractivity contribution < 1.29 is 39.2 Å². The van der Waals surface area contributed by atoms with E-state index in [1.807, 2.05) is 0 Å². The predicted molar refractivity (Wildman–Crippen MR) is 128 cm³/mol. The Balaban J connectivity index is 1.47. The van der Waals surface area contributed by atoms with Crippen LogP contribution in [0.1, 0.15) is 55.5 Å². The predicted octanol–water partition coefficient (Wildman–Crippen LogP) is 4.89. The topological polar surface area (TPSA) is 88.6 Å². The number of piperidine rings is 1. The van der Waals surface area contributed by atoms with E-state index in [2.05, 4.69) is 0 Å². The average Bonchev–Trinajstić information content (AvgIpc) is 3.69. The lowest BCUT2D eigenvalue weighted by molar-refractivity contribution is -0.137. The number of halogens is 4. The van der Waals surface area contributed by atoms with Crippen LogP contribution in [0.25, 0.3) is 0 Å². The van der Waals surface area contributed by atoms with Crippen molar-refractivity contribution in [3.63, 3.8) is 0 Å². The molecular formula is C25H27F4NO5S2. The average molecular weight is 562 g/mol. The summed E-state index contributed by atoms with van der Waals surface area (Å²) in [6.07, 6.45) is -3.14. The molecule has 0 radical (unpaired) electrons. The Labute approximate surface area is 213 Å². The number of sulfone groups is 2. The van der Waals surface area contributed by atoms with E-state index in [1.165, 1.54) is 24.8 Å². The lowest BCUT2D eigenvalue weighted by Crippen LogP contribution is -2.47. The van der Waals surface area contributed by atoms with Gasteiger partial charge in [-0.05, 0) is 81.8 Å². The van der Waals surface area contributed by atoms with Gasteiger partial charge in [0.25, 0.3) is 5.91 Å². The molecule has 0 N–H and O–H groups in total. The highest BCUT2D eigenvalue weighted by molar-refractivity contribution is 7.93. The van der Waals surface area contributed by atoms with E-state index in [1.54, 1.807) is 0 Å². The van der Waals surface area contributed by atoms with Gasteiger partial charge in [-0.15, -0.1) is 0 Å². The summed E-state index contributed by atoms with van der Waals surface area (Å²) in [5.41, 5.74) is -1.33. The summed E-state index contributed by atoms with van der Waals surface area (Å²) in [4.78, 5) is 13.7. The molecule has 0 spiro atoms. The molecule has 4 rings (SSSR count). The fourth-order valence-corrected chi connectivity index (χ4v) is 8.22. The van der Waals surface area contributed by atoms with Crippen molar-refractivity contribution in [1.29, 1.82) is 0 Å². The van der Waals surface area contributed by atoms with Crippen LogP contribution in [-0.2, 0) is 25.9 Å². The molecule has 2 aromatic rings. The van der Waals surface area contributed by atoms with E-state index in [0.717, 1.165) is 30.3 Å². The molecule has 1 saturated heterocycles. The van der Waals surface area contributed by atoms with Crippen LogP contribution in [0, 0.1) is 11.7 Å². The number of rotatable bonds is 6. The van der Waals surface area contributed by atoms with Crippen LogP contribution >= 0.6 is 0 Å². The molecule has 0 aromatic heterocycles. The third-order valence-electron chi connectivity index (χ3n) is 7.39. The molecule has 1 aliphatic carbocycles. The highest BCUT2D eigenvalue weighted by Crippen LogP contribution is 2.40. The van der Waals surface area contributed by atoms with Gasteiger partial charge in [-0.3, -0.25) is 4.79 Å². The number of nitrogens with zero attached hydrogens (tertiary/aromatic N) is 1. The molecule has 1 amide bonds. The van der Waals surface area contributed by atoms with Crippen LogP contribution in [-0.4, -0.2) is 50.7 Å². The molecule has 2 aromatic carbocycles. The minimum absolute atomic E-state index is 0.118. The zero-order valence-electron chi connectivity index (χ0n) is 20.3. The second-order valence-corrected chi connectivity index (χ2v) is 14.8. The summed E-state index contributed by atoms with van der Waals surface area (Å²) >= 11 is 0. The molecular weight excluding hydrogens is 534 g/mol. The Bertz CT molecular complexity index is 1420. The number of likely N-dealkylation sites (tertiary alicyclic amines) is 1. The Morgan fingerprint density at radius 3 is 2.05 bits per heavy atom. The van der Waals surface area contributed by atoms with Crippen molar-refractivity contribution in [2.45, 2.75) is 65.5 Å². The minimum Gasteiger partial charge on any atom is -0.339 e. The van der Waals surface area contributed by atoms with E-state index in [4.69, 9.17) is 0 Å². The number of benzene rings is 2. The van der Waals surface area contributed by atoms with Crippen LogP contribution in [0.4, 0.5) is 17.6 Å². The fourth-order valence-electron chi connectivity index (χ4n) is 4.73. The molecule has 2 aliphatic rings. The first-order chi connectivity index (χ1) is 17.1. The van der Waals surface area contributed by atoms with Crippen molar-refractivity contribution in [2.24, 2.45) is 5.92 Å². The van der Waals surface area contributed by atoms with Crippen molar-refractivity contribution >= 4 is 25.6 Å². The van der Waals surface area contributed by atoms with Gasteiger partial charge < -0.3 is 4.90 Å². The minimum atomic E-state index is -4.68. The van der Waals surface area contributed by atoms with Gasteiger partial charge in [0.1, 0.15) is 5.82 Å². The molecule has 0 unspecified atom stereocenters. The molecule has 2 fully saturated rings. The summed E-state index contributed by atoms with van der Waals surface area (Å²) in [6.45, 7) is 3.16. The molecule has 1 saturated carbocycles. The van der Waals surface area contributed by atoms with Gasteiger partial charge in [0, 0.05) is 13.1 Å². The molecule has 12 heteroatoms. The van der Waals surface area contributed by atoms with Crippen LogP contribution in [0.5, 0.6) is 0 Å². The SMILES string of the molecule is CC(C)(C1CCN(C(=O)c2ccc(S(=O)(=O)C3CC3)cc2F)CC1)S(=O)(=O)c1cccc(C(F)(F)F)c1. The number of hydrogen-bond acceptors (Lipinski definition) is 5. The third kappa shape index (κ3) is 5.14. The summed E-state index contributed by atoms with van der Waals surface area (Å²) < 4.78 is 104. The van der Waals surface area contributed by atoms with E-state index in [0.29, 0.717) is 18.9 Å². The quantitative estimate of drug-likeness (QED) is 0.469. The summed E-state index contributed by atoms with van der Waals surface area (Å²) in [5.74, 6) is -2.04. The molecule has 1 heterocycles. The summed E-state index contributed by atoms with van der Waals surface area (Å²) in [5, 5.41) is -0.511. The van der Waals surface area contributed by atoms with Crippen molar-refractivity contribution in [3.05, 3.63) is 59.4 Å². The fraction of sp³-hybridized carbons (Fsp3) is 0.480. The first-order valence-corrected chi connectivity index (χ1v) is 14.8. The van der Waals surface area contributed by atoms with Gasteiger partial charge in [0.15, 0.2) is 19.7 Å². The maximum atomic E-state index is 14.7. The number of alkyl halides is 3. The second kappa shape index (κ2) is 9.37. The number of carbonyl (C=O) groups excluding carboxylic acids is 1. The maximum Gasteiger partial charge on any atom is 0.416 e. The molecule has 37 heavy (non-hydrogen) atoms. The molecule has 0 bridgehead atoms. The Hall–Kier alpha value is -2.47. The number of amides is 1. The zero-order valence-corrected chi connectivity index (χ0v) is 21.9. The van der Waals surface area contributed by atoms with Gasteiger partial charge in [0.2, 0.25) is 0 Å². The van der Waals surface area contributed by atoms with Gasteiger partial charge in [0.05, 0.1) is 30.9 Å². The number of hydrogen-bond donors (Lipinski definition) is 0. The maximum absolute atomic E-state index is 14.7. The smallest absolute Gasteiger partial charge is 0.339 e. The summed E-state index contributed by atoms with van der Waals surface area (Å²) in [7, 11) is -7.77. The normalized spacial score (nSPS) is 18.2. The molecule has 0 atom stereocenters. The lowest BCUT2D eigenvalue weighted by Gasteiger charge is -2.40. The Kier molecular flexibility index (Phi) is 6.98.